The van der Waals surface area contributed by atoms with Gasteiger partial charge in [0, 0.05) is 17.8 Å². The number of nitrogens with zero attached hydrogens (tertiary/aromatic N) is 1. The first kappa shape index (κ1) is 15.9. The number of fused-ring (bicyclic) bond motifs is 1. The largest absolute Gasteiger partial charge is 0.399 e. The molecule has 0 saturated carbocycles. The lowest BCUT2D eigenvalue weighted by Crippen LogP contribution is -2.39. The SMILES string of the molecule is C[n+]1c(C(=O)CN)cc(C=Cc2ccc(N)cc2)c2ccccc21. The van der Waals surface area contributed by atoms with E-state index in [9.17, 15) is 4.79 Å². The molecule has 0 radical (unpaired) electrons. The van der Waals surface area contributed by atoms with E-state index in [4.69, 9.17) is 11.5 Å². The first-order chi connectivity index (χ1) is 11.6. The first-order valence-electron chi connectivity index (χ1n) is 7.79. The van der Waals surface area contributed by atoms with Gasteiger partial charge in [0.15, 0.2) is 0 Å². The summed E-state index contributed by atoms with van der Waals surface area (Å²) in [6, 6.07) is 17.6. The van der Waals surface area contributed by atoms with Crippen LogP contribution in [0.3, 0.4) is 0 Å². The Labute approximate surface area is 141 Å². The molecular weight excluding hydrogens is 298 g/mol. The average molecular weight is 318 g/mol. The van der Waals surface area contributed by atoms with Gasteiger partial charge in [-0.1, -0.05) is 36.4 Å². The number of para-hydroxylation sites is 1. The molecule has 4 N–H and O–H groups in total. The number of ketones is 1. The van der Waals surface area contributed by atoms with Crippen LogP contribution in [0.1, 0.15) is 21.6 Å². The summed E-state index contributed by atoms with van der Waals surface area (Å²) in [6.07, 6.45) is 4.03. The second kappa shape index (κ2) is 6.64. The molecule has 4 nitrogen and oxygen atoms in total. The van der Waals surface area contributed by atoms with Gasteiger partial charge in [-0.3, -0.25) is 4.79 Å². The molecule has 0 fully saturated rings. The summed E-state index contributed by atoms with van der Waals surface area (Å²) >= 11 is 0. The average Bonchev–Trinajstić information content (AvgIpc) is 2.62. The molecule has 24 heavy (non-hydrogen) atoms. The van der Waals surface area contributed by atoms with Gasteiger partial charge in [0.25, 0.3) is 5.69 Å². The predicted molar refractivity (Wildman–Crippen MR) is 98.3 cm³/mol. The van der Waals surface area contributed by atoms with Crippen LogP contribution in [0.4, 0.5) is 5.69 Å². The van der Waals surface area contributed by atoms with Crippen molar-refractivity contribution in [1.82, 2.24) is 0 Å². The maximum Gasteiger partial charge on any atom is 0.250 e. The first-order valence-corrected chi connectivity index (χ1v) is 7.79. The maximum absolute atomic E-state index is 12.2. The molecule has 0 aliphatic rings. The predicted octanol–water partition coefficient (Wildman–Crippen LogP) is 2.56. The number of nitrogens with two attached hydrogens (primary N) is 2. The minimum atomic E-state index is -0.0783. The number of carbonyl (C=O) groups is 1. The van der Waals surface area contributed by atoms with Crippen LogP contribution < -0.4 is 16.0 Å². The van der Waals surface area contributed by atoms with E-state index < -0.39 is 0 Å². The number of pyridine rings is 1. The zero-order valence-corrected chi connectivity index (χ0v) is 13.6. The van der Waals surface area contributed by atoms with Gasteiger partial charge in [0.05, 0.1) is 11.9 Å². The molecule has 0 bridgehead atoms. The van der Waals surface area contributed by atoms with Crippen molar-refractivity contribution in [3.63, 3.8) is 0 Å². The van der Waals surface area contributed by atoms with Crippen LogP contribution in [0.25, 0.3) is 23.1 Å². The minimum absolute atomic E-state index is 0.00665. The topological polar surface area (TPSA) is 73.0 Å². The highest BCUT2D eigenvalue weighted by atomic mass is 16.1. The molecule has 0 saturated heterocycles. The van der Waals surface area contributed by atoms with E-state index in [0.29, 0.717) is 5.69 Å². The monoisotopic (exact) mass is 318 g/mol. The second-order valence-electron chi connectivity index (χ2n) is 5.69. The molecule has 4 heteroatoms. The molecule has 2 aromatic carbocycles. The fraction of sp³-hybridized carbons (Fsp3) is 0.100. The van der Waals surface area contributed by atoms with E-state index in [2.05, 4.69) is 6.07 Å². The van der Waals surface area contributed by atoms with Crippen LogP contribution in [0.2, 0.25) is 0 Å². The molecule has 3 aromatic rings. The highest BCUT2D eigenvalue weighted by Gasteiger charge is 2.20. The summed E-state index contributed by atoms with van der Waals surface area (Å²) in [6.45, 7) is -0.00665. The van der Waals surface area contributed by atoms with Crippen LogP contribution >= 0.6 is 0 Å². The zero-order valence-electron chi connectivity index (χ0n) is 13.6. The van der Waals surface area contributed by atoms with E-state index in [1.807, 2.05) is 72.3 Å². The molecule has 1 aromatic heterocycles. The van der Waals surface area contributed by atoms with Crippen molar-refractivity contribution in [2.45, 2.75) is 0 Å². The van der Waals surface area contributed by atoms with Crippen molar-refractivity contribution in [2.75, 3.05) is 12.3 Å². The number of rotatable bonds is 4. The Kier molecular flexibility index (Phi) is 4.40. The van der Waals surface area contributed by atoms with Gasteiger partial charge in [-0.05, 0) is 29.3 Å². The van der Waals surface area contributed by atoms with Crippen LogP contribution in [0.5, 0.6) is 0 Å². The fourth-order valence-corrected chi connectivity index (χ4v) is 2.76. The van der Waals surface area contributed by atoms with Gasteiger partial charge < -0.3 is 11.5 Å². The summed E-state index contributed by atoms with van der Waals surface area (Å²) in [5.41, 5.74) is 15.6. The molecule has 0 unspecified atom stereocenters. The van der Waals surface area contributed by atoms with Crippen molar-refractivity contribution in [2.24, 2.45) is 12.8 Å². The molecular formula is C20H20N3O+. The number of anilines is 1. The lowest BCUT2D eigenvalue weighted by atomic mass is 10.0. The summed E-state index contributed by atoms with van der Waals surface area (Å²) in [5, 5.41) is 1.08. The number of benzene rings is 2. The van der Waals surface area contributed by atoms with Crippen LogP contribution in [-0.2, 0) is 7.05 Å². The lowest BCUT2D eigenvalue weighted by molar-refractivity contribution is -0.646. The Hall–Kier alpha value is -2.98. The molecule has 0 aliphatic heterocycles. The Balaban J connectivity index is 2.14. The van der Waals surface area contributed by atoms with Gasteiger partial charge in [-0.15, -0.1) is 0 Å². The van der Waals surface area contributed by atoms with Crippen LogP contribution in [0.15, 0.2) is 54.6 Å². The number of aromatic nitrogens is 1. The van der Waals surface area contributed by atoms with E-state index in [1.165, 1.54) is 0 Å². The van der Waals surface area contributed by atoms with E-state index in [0.717, 1.165) is 27.7 Å². The van der Waals surface area contributed by atoms with Crippen molar-refractivity contribution >= 4 is 34.5 Å². The lowest BCUT2D eigenvalue weighted by Gasteiger charge is -2.05. The van der Waals surface area contributed by atoms with Gasteiger partial charge in [-0.25, -0.2) is 0 Å². The van der Waals surface area contributed by atoms with Crippen molar-refractivity contribution in [3.8, 4) is 0 Å². The number of carbonyl (C=O) groups excluding carboxylic acids is 1. The zero-order chi connectivity index (χ0) is 17.1. The van der Waals surface area contributed by atoms with E-state index in [1.54, 1.807) is 0 Å². The van der Waals surface area contributed by atoms with Gasteiger partial charge >= 0.3 is 0 Å². The van der Waals surface area contributed by atoms with Crippen LogP contribution in [0, 0.1) is 0 Å². The smallest absolute Gasteiger partial charge is 0.250 e. The van der Waals surface area contributed by atoms with Crippen molar-refractivity contribution < 1.29 is 9.36 Å². The number of aryl methyl sites for hydroxylation is 1. The van der Waals surface area contributed by atoms with Gasteiger partial charge in [0.1, 0.15) is 7.05 Å². The highest BCUT2D eigenvalue weighted by Crippen LogP contribution is 2.20. The second-order valence-corrected chi connectivity index (χ2v) is 5.69. The summed E-state index contributed by atoms with van der Waals surface area (Å²) in [7, 11) is 1.89. The Bertz CT molecular complexity index is 928. The fourth-order valence-electron chi connectivity index (χ4n) is 2.76. The third-order valence-electron chi connectivity index (χ3n) is 4.09. The number of hydrogen-bond acceptors (Lipinski definition) is 3. The Morgan fingerprint density at radius 1 is 1.08 bits per heavy atom. The third kappa shape index (κ3) is 3.05. The van der Waals surface area contributed by atoms with Crippen molar-refractivity contribution in [3.05, 3.63) is 71.4 Å². The standard InChI is InChI=1S/C20H19N3O/c1-23-18-5-3-2-4-17(18)15(12-19(23)20(24)13-21)9-6-14-7-10-16(22)11-8-14/h2-12,22H,13,21H2,1H3/p+1. The maximum atomic E-state index is 12.2. The van der Waals surface area contributed by atoms with E-state index in [-0.39, 0.29) is 12.3 Å². The Morgan fingerprint density at radius 2 is 1.79 bits per heavy atom. The summed E-state index contributed by atoms with van der Waals surface area (Å²) < 4.78 is 1.89. The molecule has 120 valence electrons. The van der Waals surface area contributed by atoms with Gasteiger partial charge in [0.2, 0.25) is 11.3 Å². The molecule has 0 spiro atoms. The number of hydrogen-bond donors (Lipinski definition) is 2. The Morgan fingerprint density at radius 3 is 2.50 bits per heavy atom. The quantitative estimate of drug-likeness (QED) is 0.441. The summed E-state index contributed by atoms with van der Waals surface area (Å²) in [5.74, 6) is -0.0783. The molecule has 1 heterocycles. The van der Waals surface area contributed by atoms with Crippen LogP contribution in [-0.4, -0.2) is 12.3 Å². The number of nitrogen functional groups attached to an aromatic ring is 1. The molecule has 0 amide bonds. The summed E-state index contributed by atoms with van der Waals surface area (Å²) in [4.78, 5) is 12.2. The third-order valence-corrected chi connectivity index (χ3v) is 4.09. The number of Topliss-reactive ketones (excluding diaryl/α,β-unsaturated/α-hetero) is 1. The highest BCUT2D eigenvalue weighted by molar-refractivity contribution is 5.98. The van der Waals surface area contributed by atoms with Gasteiger partial charge in [-0.2, -0.15) is 4.57 Å². The minimum Gasteiger partial charge on any atom is -0.399 e. The molecule has 0 atom stereocenters. The van der Waals surface area contributed by atoms with Crippen molar-refractivity contribution in [1.29, 1.82) is 0 Å². The normalized spacial score (nSPS) is 11.2. The van der Waals surface area contributed by atoms with E-state index >= 15 is 0 Å². The molecule has 0 aliphatic carbocycles. The molecule has 3 rings (SSSR count).